The van der Waals surface area contributed by atoms with Crippen molar-refractivity contribution < 1.29 is 17.9 Å². The number of amides is 1. The minimum Gasteiger partial charge on any atom is -0.492 e. The molecule has 2 aromatic rings. The molecule has 9 heteroatoms. The van der Waals surface area contributed by atoms with Gasteiger partial charge in [0.1, 0.15) is 11.8 Å². The van der Waals surface area contributed by atoms with E-state index in [0.29, 0.717) is 23.1 Å². The van der Waals surface area contributed by atoms with Crippen LogP contribution < -0.4 is 14.4 Å². The van der Waals surface area contributed by atoms with Gasteiger partial charge < -0.3 is 10.1 Å². The third-order valence-corrected chi connectivity index (χ3v) is 5.64. The monoisotopic (exact) mass is 444 g/mol. The first kappa shape index (κ1) is 22.3. The fourth-order valence-corrected chi connectivity index (χ4v) is 4.40. The number of nitrogens with zero attached hydrogens (tertiary/aromatic N) is 1. The zero-order valence-electron chi connectivity index (χ0n) is 15.8. The number of nitrogens with one attached hydrogen (secondary N) is 1. The quantitative estimate of drug-likeness (QED) is 0.646. The third-order valence-electron chi connectivity index (χ3n) is 3.92. The van der Waals surface area contributed by atoms with E-state index >= 15 is 0 Å². The number of para-hydroxylation sites is 2. The lowest BCUT2D eigenvalue weighted by molar-refractivity contribution is -0.117. The van der Waals surface area contributed by atoms with Crippen LogP contribution in [0.3, 0.4) is 0 Å². The smallest absolute Gasteiger partial charge is 0.248 e. The summed E-state index contributed by atoms with van der Waals surface area (Å²) in [6.45, 7) is 3.98. The zero-order valence-corrected chi connectivity index (χ0v) is 18.1. The van der Waals surface area contributed by atoms with Gasteiger partial charge in [-0.1, -0.05) is 42.3 Å². The van der Waals surface area contributed by atoms with Crippen LogP contribution in [-0.4, -0.2) is 33.2 Å². The number of sulfonamides is 1. The summed E-state index contributed by atoms with van der Waals surface area (Å²) in [6.07, 6.45) is 1.24. The summed E-state index contributed by atoms with van der Waals surface area (Å²) in [5.74, 6) is -0.00369. The van der Waals surface area contributed by atoms with Crippen molar-refractivity contribution in [1.82, 2.24) is 0 Å². The Labute approximate surface area is 175 Å². The third kappa shape index (κ3) is 5.31. The Morgan fingerprint density at radius 1 is 1.18 bits per heavy atom. The van der Waals surface area contributed by atoms with Gasteiger partial charge in [-0.25, -0.2) is 8.42 Å². The lowest BCUT2D eigenvalue weighted by Gasteiger charge is -2.31. The highest BCUT2D eigenvalue weighted by Gasteiger charge is 2.33. The number of anilines is 2. The Morgan fingerprint density at radius 2 is 1.86 bits per heavy atom. The topological polar surface area (TPSA) is 75.7 Å². The van der Waals surface area contributed by atoms with Gasteiger partial charge in [0.2, 0.25) is 15.9 Å². The lowest BCUT2D eigenvalue weighted by atomic mass is 10.1. The molecular formula is C19H22Cl2N2O4S. The van der Waals surface area contributed by atoms with Crippen LogP contribution in [0.2, 0.25) is 10.0 Å². The molecule has 0 radical (unpaired) electrons. The molecule has 28 heavy (non-hydrogen) atoms. The second kappa shape index (κ2) is 9.49. The summed E-state index contributed by atoms with van der Waals surface area (Å²) in [5.41, 5.74) is 0.607. The standard InChI is InChI=1S/C19H22Cl2N2O4S/c1-4-16(19(24)22-15-8-6-7-9-18(15)27-5-2)23(28(3,25)26)17-12-13(20)10-11-14(17)21/h6-12,16H,4-5H2,1-3H3,(H,22,24). The number of halogens is 2. The average Bonchev–Trinajstić information content (AvgIpc) is 2.62. The van der Waals surface area contributed by atoms with Crippen LogP contribution in [0.1, 0.15) is 20.3 Å². The van der Waals surface area contributed by atoms with Gasteiger partial charge in [-0.3, -0.25) is 9.10 Å². The highest BCUT2D eigenvalue weighted by Crippen LogP contribution is 2.33. The molecule has 0 bridgehead atoms. The van der Waals surface area contributed by atoms with Crippen molar-refractivity contribution in [1.29, 1.82) is 0 Å². The van der Waals surface area contributed by atoms with Crippen molar-refractivity contribution >= 4 is 50.5 Å². The summed E-state index contributed by atoms with van der Waals surface area (Å²) in [6, 6.07) is 10.4. The van der Waals surface area contributed by atoms with E-state index in [4.69, 9.17) is 27.9 Å². The molecule has 1 amide bonds. The number of hydrogen-bond donors (Lipinski definition) is 1. The molecule has 0 aliphatic heterocycles. The fraction of sp³-hybridized carbons (Fsp3) is 0.316. The second-order valence-corrected chi connectivity index (χ2v) is 8.70. The summed E-state index contributed by atoms with van der Waals surface area (Å²) in [4.78, 5) is 13.0. The molecular weight excluding hydrogens is 423 g/mol. The first-order valence-electron chi connectivity index (χ1n) is 8.66. The van der Waals surface area contributed by atoms with Gasteiger partial charge in [0, 0.05) is 5.02 Å². The molecule has 0 fully saturated rings. The van der Waals surface area contributed by atoms with Crippen LogP contribution in [0.25, 0.3) is 0 Å². The summed E-state index contributed by atoms with van der Waals surface area (Å²) >= 11 is 12.2. The van der Waals surface area contributed by atoms with Crippen molar-refractivity contribution in [2.24, 2.45) is 0 Å². The van der Waals surface area contributed by atoms with Crippen LogP contribution in [0, 0.1) is 0 Å². The number of rotatable bonds is 8. The molecule has 1 unspecified atom stereocenters. The Morgan fingerprint density at radius 3 is 2.46 bits per heavy atom. The maximum absolute atomic E-state index is 13.0. The van der Waals surface area contributed by atoms with Gasteiger partial charge in [-0.2, -0.15) is 0 Å². The van der Waals surface area contributed by atoms with E-state index in [1.807, 2.05) is 6.92 Å². The minimum atomic E-state index is -3.83. The van der Waals surface area contributed by atoms with Gasteiger partial charge in [0.25, 0.3) is 0 Å². The molecule has 0 heterocycles. The highest BCUT2D eigenvalue weighted by atomic mass is 35.5. The average molecular weight is 445 g/mol. The van der Waals surface area contributed by atoms with Crippen molar-refractivity contribution in [3.63, 3.8) is 0 Å². The molecule has 6 nitrogen and oxygen atoms in total. The van der Waals surface area contributed by atoms with Crippen molar-refractivity contribution in [3.05, 3.63) is 52.5 Å². The minimum absolute atomic E-state index is 0.150. The Bertz CT molecular complexity index is 951. The molecule has 2 rings (SSSR count). The van der Waals surface area contributed by atoms with E-state index in [0.717, 1.165) is 10.6 Å². The summed E-state index contributed by atoms with van der Waals surface area (Å²) < 4.78 is 31.6. The number of carbonyl (C=O) groups excluding carboxylic acids is 1. The molecule has 0 aliphatic carbocycles. The van der Waals surface area contributed by atoms with Crippen LogP contribution in [0.5, 0.6) is 5.75 Å². The molecule has 1 atom stereocenters. The molecule has 2 aromatic carbocycles. The van der Waals surface area contributed by atoms with Crippen molar-refractivity contribution in [2.45, 2.75) is 26.3 Å². The van der Waals surface area contributed by atoms with E-state index in [2.05, 4.69) is 5.32 Å². The van der Waals surface area contributed by atoms with E-state index in [-0.39, 0.29) is 17.1 Å². The number of benzene rings is 2. The number of carbonyl (C=O) groups is 1. The lowest BCUT2D eigenvalue weighted by Crippen LogP contribution is -2.47. The Kier molecular flexibility index (Phi) is 7.57. The van der Waals surface area contributed by atoms with Gasteiger partial charge in [0.15, 0.2) is 0 Å². The zero-order chi connectivity index (χ0) is 20.9. The van der Waals surface area contributed by atoms with Crippen LogP contribution in [-0.2, 0) is 14.8 Å². The predicted octanol–water partition coefficient (Wildman–Crippen LogP) is 4.58. The van der Waals surface area contributed by atoms with Crippen LogP contribution in [0.4, 0.5) is 11.4 Å². The Hall–Kier alpha value is -1.96. The Balaban J connectivity index is 2.44. The molecule has 152 valence electrons. The van der Waals surface area contributed by atoms with E-state index < -0.39 is 22.0 Å². The first-order valence-corrected chi connectivity index (χ1v) is 11.3. The van der Waals surface area contributed by atoms with Crippen LogP contribution in [0.15, 0.2) is 42.5 Å². The van der Waals surface area contributed by atoms with Gasteiger partial charge in [-0.15, -0.1) is 0 Å². The van der Waals surface area contributed by atoms with Crippen molar-refractivity contribution in [2.75, 3.05) is 22.5 Å². The second-order valence-electron chi connectivity index (χ2n) is 6.00. The predicted molar refractivity (Wildman–Crippen MR) is 114 cm³/mol. The first-order chi connectivity index (χ1) is 13.2. The van der Waals surface area contributed by atoms with E-state index in [1.165, 1.54) is 12.1 Å². The van der Waals surface area contributed by atoms with Crippen LogP contribution >= 0.6 is 23.2 Å². The highest BCUT2D eigenvalue weighted by molar-refractivity contribution is 7.92. The van der Waals surface area contributed by atoms with Crippen molar-refractivity contribution in [3.8, 4) is 5.75 Å². The molecule has 0 saturated heterocycles. The number of hydrogen-bond acceptors (Lipinski definition) is 4. The van der Waals surface area contributed by atoms with Gasteiger partial charge in [-0.05, 0) is 43.7 Å². The molecule has 0 aliphatic rings. The normalized spacial score (nSPS) is 12.3. The van der Waals surface area contributed by atoms with E-state index in [9.17, 15) is 13.2 Å². The van der Waals surface area contributed by atoms with Gasteiger partial charge in [0.05, 0.1) is 29.3 Å². The SMILES string of the molecule is CCOc1ccccc1NC(=O)C(CC)N(c1cc(Cl)ccc1Cl)S(C)(=O)=O. The maximum Gasteiger partial charge on any atom is 0.248 e. The van der Waals surface area contributed by atoms with Gasteiger partial charge >= 0.3 is 0 Å². The summed E-state index contributed by atoms with van der Waals surface area (Å²) in [7, 11) is -3.83. The molecule has 0 saturated carbocycles. The molecule has 0 aromatic heterocycles. The maximum atomic E-state index is 13.0. The molecule has 0 spiro atoms. The number of ether oxygens (including phenoxy) is 1. The fourth-order valence-electron chi connectivity index (χ4n) is 2.76. The molecule has 1 N–H and O–H groups in total. The largest absolute Gasteiger partial charge is 0.492 e. The van der Waals surface area contributed by atoms with E-state index in [1.54, 1.807) is 37.3 Å². The summed E-state index contributed by atoms with van der Waals surface area (Å²) in [5, 5.41) is 3.24.